The topological polar surface area (TPSA) is 99.7 Å². The highest BCUT2D eigenvalue weighted by Crippen LogP contribution is 2.23. The van der Waals surface area contributed by atoms with Gasteiger partial charge in [0.05, 0.1) is 0 Å². The Morgan fingerprint density at radius 2 is 1.76 bits per heavy atom. The lowest BCUT2D eigenvalue weighted by Crippen LogP contribution is -2.27. The van der Waals surface area contributed by atoms with Crippen LogP contribution in [0.2, 0.25) is 0 Å². The number of carboxylic acid groups (broad SMARTS) is 1. The molecule has 0 atom stereocenters. The summed E-state index contributed by atoms with van der Waals surface area (Å²) in [5.41, 5.74) is 2.82. The lowest BCUT2D eigenvalue weighted by molar-refractivity contribution is -0.139. The molecule has 2 rings (SSSR count). The minimum absolute atomic E-state index is 0.0899. The van der Waals surface area contributed by atoms with E-state index in [9.17, 15) is 14.4 Å². The van der Waals surface area contributed by atoms with Gasteiger partial charge in [-0.05, 0) is 50.6 Å². The van der Waals surface area contributed by atoms with Crippen molar-refractivity contribution in [1.82, 2.24) is 4.98 Å². The molecule has 1 aromatic carbocycles. The van der Waals surface area contributed by atoms with Crippen molar-refractivity contribution in [2.45, 2.75) is 20.8 Å². The molecule has 2 aromatic rings. The number of hydrogen-bond donors (Lipinski definition) is 2. The number of amides is 1. The molecule has 0 aliphatic rings. The van der Waals surface area contributed by atoms with Gasteiger partial charge in [0.2, 0.25) is 0 Å². The summed E-state index contributed by atoms with van der Waals surface area (Å²) in [6, 6.07) is 6.50. The number of hydrogen-bond acceptors (Lipinski definition) is 4. The zero-order valence-corrected chi connectivity index (χ0v) is 14.5. The summed E-state index contributed by atoms with van der Waals surface area (Å²) >= 11 is 0. The summed E-state index contributed by atoms with van der Waals surface area (Å²) < 4.78 is 5.07. The number of carbonyl (C=O) groups is 3. The number of ketones is 1. The molecule has 1 aromatic heterocycles. The van der Waals surface area contributed by atoms with Gasteiger partial charge in [-0.2, -0.15) is 0 Å². The van der Waals surface area contributed by atoms with Gasteiger partial charge in [0.15, 0.2) is 12.4 Å². The van der Waals surface area contributed by atoms with E-state index in [2.05, 4.69) is 4.98 Å². The van der Waals surface area contributed by atoms with Gasteiger partial charge in [-0.25, -0.2) is 4.79 Å². The smallest absolute Gasteiger partial charge is 0.341 e. The number of nitrogens with one attached hydrogen (secondary N) is 1. The number of aromatic amines is 1. The Morgan fingerprint density at radius 3 is 2.24 bits per heavy atom. The number of aromatic nitrogens is 1. The Labute approximate surface area is 145 Å². The number of carboxylic acids is 1. The van der Waals surface area contributed by atoms with Crippen LogP contribution in [0.3, 0.4) is 0 Å². The minimum Gasteiger partial charge on any atom is -0.482 e. The van der Waals surface area contributed by atoms with E-state index in [1.807, 2.05) is 0 Å². The summed E-state index contributed by atoms with van der Waals surface area (Å²) in [5, 5.41) is 8.60. The summed E-state index contributed by atoms with van der Waals surface area (Å²) in [4.78, 5) is 39.4. The molecule has 0 saturated carbocycles. The van der Waals surface area contributed by atoms with Crippen molar-refractivity contribution in [3.05, 3.63) is 46.8 Å². The van der Waals surface area contributed by atoms with Crippen LogP contribution in [0.25, 0.3) is 0 Å². The summed E-state index contributed by atoms with van der Waals surface area (Å²) in [6.07, 6.45) is 0. The lowest BCUT2D eigenvalue weighted by Gasteiger charge is -2.17. The largest absolute Gasteiger partial charge is 0.482 e. The van der Waals surface area contributed by atoms with Gasteiger partial charge >= 0.3 is 5.97 Å². The number of Topliss-reactive ketones (excluding diaryl/α,β-unsaturated/α-hetero) is 1. The Bertz CT molecular complexity index is 821. The van der Waals surface area contributed by atoms with Crippen molar-refractivity contribution in [1.29, 1.82) is 0 Å². The fourth-order valence-corrected chi connectivity index (χ4v) is 2.69. The first-order chi connectivity index (χ1) is 11.7. The fraction of sp³-hybridized carbons (Fsp3) is 0.278. The maximum absolute atomic E-state index is 12.7. The Morgan fingerprint density at radius 1 is 1.16 bits per heavy atom. The van der Waals surface area contributed by atoms with Gasteiger partial charge in [-0.15, -0.1) is 0 Å². The van der Waals surface area contributed by atoms with E-state index in [0.29, 0.717) is 34.0 Å². The summed E-state index contributed by atoms with van der Waals surface area (Å²) in [7, 11) is 1.62. The van der Waals surface area contributed by atoms with E-state index in [1.54, 1.807) is 45.2 Å². The number of aryl methyl sites for hydroxylation is 1. The van der Waals surface area contributed by atoms with E-state index in [0.717, 1.165) is 0 Å². The first-order valence-corrected chi connectivity index (χ1v) is 7.65. The van der Waals surface area contributed by atoms with Crippen LogP contribution >= 0.6 is 0 Å². The molecule has 1 amide bonds. The highest BCUT2D eigenvalue weighted by Gasteiger charge is 2.22. The molecular formula is C18H20N2O5. The van der Waals surface area contributed by atoms with Crippen LogP contribution in [0.15, 0.2) is 24.3 Å². The van der Waals surface area contributed by atoms with Crippen LogP contribution in [0.5, 0.6) is 5.75 Å². The molecule has 132 valence electrons. The maximum atomic E-state index is 12.7. The third-order valence-corrected chi connectivity index (χ3v) is 3.89. The van der Waals surface area contributed by atoms with Crippen molar-refractivity contribution in [2.24, 2.45) is 0 Å². The first-order valence-electron chi connectivity index (χ1n) is 7.65. The SMILES string of the molecule is CC(=O)c1c(C)[nH]c(C(=O)N(C)c2ccc(OCC(=O)O)cc2)c1C. The normalized spacial score (nSPS) is 10.4. The molecular weight excluding hydrogens is 324 g/mol. The van der Waals surface area contributed by atoms with Crippen LogP contribution in [0.4, 0.5) is 5.69 Å². The zero-order valence-electron chi connectivity index (χ0n) is 14.5. The highest BCUT2D eigenvalue weighted by atomic mass is 16.5. The van der Waals surface area contributed by atoms with E-state index in [1.165, 1.54) is 11.8 Å². The lowest BCUT2D eigenvalue weighted by atomic mass is 10.1. The highest BCUT2D eigenvalue weighted by molar-refractivity contribution is 6.08. The molecule has 7 nitrogen and oxygen atoms in total. The standard InChI is InChI=1S/C18H20N2O5/c1-10-16(12(3)21)11(2)19-17(10)18(24)20(4)13-5-7-14(8-6-13)25-9-15(22)23/h5-8,19H,9H2,1-4H3,(H,22,23). The minimum atomic E-state index is -1.06. The molecule has 0 aliphatic heterocycles. The monoisotopic (exact) mass is 344 g/mol. The van der Waals surface area contributed by atoms with Gasteiger partial charge in [0.25, 0.3) is 5.91 Å². The van der Waals surface area contributed by atoms with Crippen LogP contribution in [0.1, 0.15) is 39.0 Å². The van der Waals surface area contributed by atoms with Gasteiger partial charge in [0, 0.05) is 24.0 Å². The number of nitrogens with zero attached hydrogens (tertiary/aromatic N) is 1. The van der Waals surface area contributed by atoms with Gasteiger partial charge < -0.3 is 19.7 Å². The average Bonchev–Trinajstić information content (AvgIpc) is 2.86. The number of carbonyl (C=O) groups excluding carboxylic acids is 2. The average molecular weight is 344 g/mol. The maximum Gasteiger partial charge on any atom is 0.341 e. The second-order valence-corrected chi connectivity index (χ2v) is 5.72. The molecule has 0 radical (unpaired) electrons. The molecule has 1 heterocycles. The van der Waals surface area contributed by atoms with E-state index in [-0.39, 0.29) is 11.7 Å². The van der Waals surface area contributed by atoms with Crippen LogP contribution in [-0.2, 0) is 4.79 Å². The molecule has 0 unspecified atom stereocenters. The second-order valence-electron chi connectivity index (χ2n) is 5.72. The van der Waals surface area contributed by atoms with Crippen molar-refractivity contribution in [3.63, 3.8) is 0 Å². The van der Waals surface area contributed by atoms with Crippen molar-refractivity contribution < 1.29 is 24.2 Å². The predicted molar refractivity (Wildman–Crippen MR) is 92.6 cm³/mol. The first kappa shape index (κ1) is 18.3. The van der Waals surface area contributed by atoms with Gasteiger partial charge in [-0.1, -0.05) is 0 Å². The third-order valence-electron chi connectivity index (χ3n) is 3.89. The molecule has 25 heavy (non-hydrogen) atoms. The number of H-pyrrole nitrogens is 1. The fourth-order valence-electron chi connectivity index (χ4n) is 2.69. The summed E-state index contributed by atoms with van der Waals surface area (Å²) in [6.45, 7) is 4.54. The van der Waals surface area contributed by atoms with Gasteiger partial charge in [0.1, 0.15) is 11.4 Å². The quantitative estimate of drug-likeness (QED) is 0.785. The van der Waals surface area contributed by atoms with Crippen molar-refractivity contribution in [2.75, 3.05) is 18.6 Å². The van der Waals surface area contributed by atoms with E-state index in [4.69, 9.17) is 9.84 Å². The molecule has 0 spiro atoms. The number of aliphatic carboxylic acids is 1. The Kier molecular flexibility index (Phi) is 5.26. The number of ether oxygens (including phenoxy) is 1. The molecule has 0 aliphatic carbocycles. The van der Waals surface area contributed by atoms with Crippen LogP contribution in [-0.4, -0.2) is 41.4 Å². The Balaban J connectivity index is 2.21. The molecule has 0 bridgehead atoms. The number of anilines is 1. The van der Waals surface area contributed by atoms with E-state index >= 15 is 0 Å². The molecule has 0 saturated heterocycles. The number of benzene rings is 1. The van der Waals surface area contributed by atoms with Crippen molar-refractivity contribution in [3.8, 4) is 5.75 Å². The summed E-state index contributed by atoms with van der Waals surface area (Å²) in [5.74, 6) is -1.02. The Hall–Kier alpha value is -3.09. The predicted octanol–water partition coefficient (Wildman–Crippen LogP) is 2.57. The van der Waals surface area contributed by atoms with Gasteiger partial charge in [-0.3, -0.25) is 9.59 Å². The zero-order chi connectivity index (χ0) is 18.7. The number of rotatable bonds is 6. The van der Waals surface area contributed by atoms with E-state index < -0.39 is 12.6 Å². The second kappa shape index (κ2) is 7.21. The molecule has 7 heteroatoms. The third kappa shape index (κ3) is 3.88. The van der Waals surface area contributed by atoms with Crippen molar-refractivity contribution >= 4 is 23.3 Å². The molecule has 2 N–H and O–H groups in total. The van der Waals surface area contributed by atoms with Crippen LogP contribution < -0.4 is 9.64 Å². The van der Waals surface area contributed by atoms with Crippen LogP contribution in [0, 0.1) is 13.8 Å². The molecule has 0 fully saturated rings.